The highest BCUT2D eigenvalue weighted by molar-refractivity contribution is 5.66. The number of rotatable bonds is 4. The molecule has 6 heteroatoms. The summed E-state index contributed by atoms with van der Waals surface area (Å²) in [4.78, 5) is 24.6. The monoisotopic (exact) mass is 560 g/mol. The number of ether oxygens (including phenoxy) is 3. The second-order valence-electron chi connectivity index (χ2n) is 16.6. The van der Waals surface area contributed by atoms with E-state index < -0.39 is 5.60 Å². The molecule has 4 unspecified atom stereocenters. The number of fused-ring (bicyclic) bond motifs is 5. The fraction of sp³-hybridized carbons (Fsp3) is 0.941. The van der Waals surface area contributed by atoms with Crippen LogP contribution in [0.2, 0.25) is 0 Å². The maximum atomic E-state index is 12.6. The highest BCUT2D eigenvalue weighted by Gasteiger charge is 2.72. The number of aliphatic hydroxyl groups is 1. The number of hydrogen-bond donors (Lipinski definition) is 1. The summed E-state index contributed by atoms with van der Waals surface area (Å²) in [7, 11) is 0. The average Bonchev–Trinajstić information content (AvgIpc) is 3.39. The first-order valence-corrected chi connectivity index (χ1v) is 16.0. The van der Waals surface area contributed by atoms with E-state index in [0.29, 0.717) is 11.8 Å². The smallest absolute Gasteiger partial charge is 0.302 e. The minimum atomic E-state index is -0.872. The van der Waals surface area contributed by atoms with E-state index in [-0.39, 0.29) is 69.3 Å². The van der Waals surface area contributed by atoms with Crippen molar-refractivity contribution in [2.75, 3.05) is 0 Å². The van der Waals surface area contributed by atoms with Gasteiger partial charge in [0, 0.05) is 25.2 Å². The molecule has 0 amide bonds. The van der Waals surface area contributed by atoms with Crippen molar-refractivity contribution in [3.8, 4) is 0 Å². The summed E-state index contributed by atoms with van der Waals surface area (Å²) < 4.78 is 19.0. The van der Waals surface area contributed by atoms with Gasteiger partial charge in [-0.15, -0.1) is 0 Å². The third kappa shape index (κ3) is 4.31. The van der Waals surface area contributed by atoms with E-state index in [1.165, 1.54) is 6.92 Å². The second-order valence-corrected chi connectivity index (χ2v) is 16.6. The molecule has 1 saturated heterocycles. The first-order valence-electron chi connectivity index (χ1n) is 16.0. The molecule has 1 heterocycles. The molecule has 4 saturated carbocycles. The Morgan fingerprint density at radius 1 is 0.800 bits per heavy atom. The number of hydrogen-bond acceptors (Lipinski definition) is 6. The summed E-state index contributed by atoms with van der Waals surface area (Å²) in [6.45, 7) is 21.2. The van der Waals surface area contributed by atoms with Gasteiger partial charge in [0.05, 0.1) is 17.3 Å². The van der Waals surface area contributed by atoms with Crippen molar-refractivity contribution < 1.29 is 28.9 Å². The molecule has 228 valence electrons. The molecule has 0 aromatic heterocycles. The molecule has 11 atom stereocenters. The molecular formula is C34H56O6. The fourth-order valence-electron chi connectivity index (χ4n) is 11.8. The molecular weight excluding hydrogens is 504 g/mol. The van der Waals surface area contributed by atoms with E-state index in [1.54, 1.807) is 6.92 Å². The van der Waals surface area contributed by atoms with E-state index in [0.717, 1.165) is 57.8 Å². The minimum absolute atomic E-state index is 0.0186. The SMILES string of the molecule is CC(=O)O[C@@H]1CC2[C@@]3(C)CC[C@@H](OC(C)=O)C(C)(C)C3CC[C@@]2(C)[C@]2(C)CCC([C@]3(C)CC[C@H](C(C)(C)O)O3)C12. The van der Waals surface area contributed by atoms with Crippen LogP contribution in [-0.4, -0.2) is 46.6 Å². The van der Waals surface area contributed by atoms with E-state index in [1.807, 2.05) is 13.8 Å². The predicted molar refractivity (Wildman–Crippen MR) is 154 cm³/mol. The third-order valence-electron chi connectivity index (χ3n) is 13.8. The Labute approximate surface area is 242 Å². The number of carbonyl (C=O) groups is 2. The molecule has 0 bridgehead atoms. The molecule has 0 spiro atoms. The molecule has 6 nitrogen and oxygen atoms in total. The molecule has 1 aliphatic heterocycles. The Morgan fingerprint density at radius 2 is 1.43 bits per heavy atom. The van der Waals surface area contributed by atoms with Gasteiger partial charge >= 0.3 is 11.9 Å². The summed E-state index contributed by atoms with van der Waals surface area (Å²) in [6, 6.07) is 0. The van der Waals surface area contributed by atoms with E-state index in [9.17, 15) is 14.7 Å². The van der Waals surface area contributed by atoms with Crippen molar-refractivity contribution in [2.24, 2.45) is 45.3 Å². The van der Waals surface area contributed by atoms with E-state index >= 15 is 0 Å². The van der Waals surface area contributed by atoms with Crippen LogP contribution in [0.3, 0.4) is 0 Å². The first kappa shape index (κ1) is 30.3. The van der Waals surface area contributed by atoms with Crippen molar-refractivity contribution in [3.63, 3.8) is 0 Å². The van der Waals surface area contributed by atoms with Crippen molar-refractivity contribution in [3.05, 3.63) is 0 Å². The van der Waals surface area contributed by atoms with Gasteiger partial charge in [0.25, 0.3) is 0 Å². The molecule has 0 radical (unpaired) electrons. The minimum Gasteiger partial charge on any atom is -0.462 e. The number of esters is 2. The quantitative estimate of drug-likeness (QED) is 0.379. The summed E-state index contributed by atoms with van der Waals surface area (Å²) in [5.41, 5.74) is -1.10. The Morgan fingerprint density at radius 3 is 2.00 bits per heavy atom. The third-order valence-corrected chi connectivity index (χ3v) is 13.8. The van der Waals surface area contributed by atoms with Crippen molar-refractivity contribution >= 4 is 11.9 Å². The van der Waals surface area contributed by atoms with Gasteiger partial charge in [-0.25, -0.2) is 0 Å². The lowest BCUT2D eigenvalue weighted by Gasteiger charge is -2.70. The Kier molecular flexibility index (Phi) is 7.15. The molecule has 5 aliphatic rings. The van der Waals surface area contributed by atoms with Gasteiger partial charge in [-0.05, 0) is 113 Å². The molecule has 0 aromatic carbocycles. The van der Waals surface area contributed by atoms with E-state index in [4.69, 9.17) is 14.2 Å². The Bertz CT molecular complexity index is 1030. The van der Waals surface area contributed by atoms with Gasteiger partial charge in [-0.1, -0.05) is 34.6 Å². The zero-order chi connectivity index (χ0) is 29.7. The largest absolute Gasteiger partial charge is 0.462 e. The Balaban J connectivity index is 1.52. The highest BCUT2D eigenvalue weighted by Crippen LogP contribution is 2.76. The molecule has 40 heavy (non-hydrogen) atoms. The molecule has 5 rings (SSSR count). The van der Waals surface area contributed by atoms with Crippen LogP contribution in [0.25, 0.3) is 0 Å². The van der Waals surface area contributed by atoms with Crippen LogP contribution in [0.5, 0.6) is 0 Å². The average molecular weight is 561 g/mol. The standard InChI is InChI=1S/C34H56O6/c1-20(35)38-23-19-25-31(7)15-13-26(39-21(2)36)29(3,4)24(31)12-17-32(25,8)33(9)16-11-22(28(23)33)34(10)18-14-27(40-34)30(5,6)37/h22-28,37H,11-19H2,1-10H3/t22?,23-,24?,25?,26-,27-,28?,31+,32-,33-,34+/m1/s1. The lowest BCUT2D eigenvalue weighted by molar-refractivity contribution is -0.254. The molecule has 1 N–H and O–H groups in total. The fourth-order valence-corrected chi connectivity index (χ4v) is 11.8. The van der Waals surface area contributed by atoms with Gasteiger partial charge in [0.2, 0.25) is 0 Å². The van der Waals surface area contributed by atoms with Gasteiger partial charge in [0.15, 0.2) is 0 Å². The lowest BCUT2D eigenvalue weighted by atomic mass is 9.35. The van der Waals surface area contributed by atoms with Gasteiger partial charge < -0.3 is 19.3 Å². The van der Waals surface area contributed by atoms with Crippen LogP contribution in [0.1, 0.15) is 127 Å². The maximum Gasteiger partial charge on any atom is 0.302 e. The van der Waals surface area contributed by atoms with Crippen LogP contribution in [-0.2, 0) is 23.8 Å². The summed E-state index contributed by atoms with van der Waals surface area (Å²) >= 11 is 0. The molecule has 5 fully saturated rings. The first-order chi connectivity index (χ1) is 18.3. The predicted octanol–water partition coefficient (Wildman–Crippen LogP) is 6.85. The van der Waals surface area contributed by atoms with Crippen molar-refractivity contribution in [1.29, 1.82) is 0 Å². The molecule has 4 aliphatic carbocycles. The number of carbonyl (C=O) groups excluding carboxylic acids is 2. The van der Waals surface area contributed by atoms with Gasteiger partial charge in [-0.2, -0.15) is 0 Å². The maximum absolute atomic E-state index is 12.6. The molecule has 0 aromatic rings. The summed E-state index contributed by atoms with van der Waals surface area (Å²) in [5.74, 6) is 1.00. The highest BCUT2D eigenvalue weighted by atomic mass is 16.6. The van der Waals surface area contributed by atoms with Crippen molar-refractivity contribution in [1.82, 2.24) is 0 Å². The lowest BCUT2D eigenvalue weighted by Crippen LogP contribution is -2.67. The van der Waals surface area contributed by atoms with Crippen LogP contribution in [0.15, 0.2) is 0 Å². The van der Waals surface area contributed by atoms with E-state index in [2.05, 4.69) is 41.5 Å². The zero-order valence-electron chi connectivity index (χ0n) is 26.9. The second kappa shape index (κ2) is 9.43. The van der Waals surface area contributed by atoms with Crippen LogP contribution in [0, 0.1) is 45.3 Å². The summed E-state index contributed by atoms with van der Waals surface area (Å²) in [6.07, 6.45) is 8.68. The van der Waals surface area contributed by atoms with Crippen LogP contribution >= 0.6 is 0 Å². The summed E-state index contributed by atoms with van der Waals surface area (Å²) in [5, 5.41) is 10.8. The normalized spacial score (nSPS) is 49.9. The Hall–Kier alpha value is -1.14. The zero-order valence-corrected chi connectivity index (χ0v) is 26.9. The van der Waals surface area contributed by atoms with Gasteiger partial charge in [-0.3, -0.25) is 9.59 Å². The van der Waals surface area contributed by atoms with Crippen LogP contribution < -0.4 is 0 Å². The van der Waals surface area contributed by atoms with Crippen LogP contribution in [0.4, 0.5) is 0 Å². The van der Waals surface area contributed by atoms with Crippen molar-refractivity contribution in [2.45, 2.75) is 157 Å². The van der Waals surface area contributed by atoms with Gasteiger partial charge in [0.1, 0.15) is 12.2 Å². The topological polar surface area (TPSA) is 82.1 Å².